The molecule has 9 heteroatoms. The summed E-state index contributed by atoms with van der Waals surface area (Å²) in [6, 6.07) is 20.2. The van der Waals surface area contributed by atoms with E-state index in [0.717, 1.165) is 33.3 Å². The Balaban J connectivity index is 1.86. The Kier molecular flexibility index (Phi) is 10.5. The summed E-state index contributed by atoms with van der Waals surface area (Å²) in [7, 11) is 1.55. The standard InChI is InChI=1S/C28H28Br2N4O3/c1-4-34(5-2)23-13-11-19(12-14-23)15-25(32-27(35)20-9-7-6-8-10-20)28(36)33-31-18-21-16-22(29)17-24(30)26(21)37-3/h6-18H,4-5H2,1-3H3,(H,32,35)(H,33,36)/b25-15+,31-18+. The molecule has 0 saturated heterocycles. The van der Waals surface area contributed by atoms with Gasteiger partial charge < -0.3 is 15.0 Å². The molecule has 192 valence electrons. The van der Waals surface area contributed by atoms with Crippen LogP contribution in [0, 0.1) is 0 Å². The highest BCUT2D eigenvalue weighted by Crippen LogP contribution is 2.31. The number of nitrogens with zero attached hydrogens (tertiary/aromatic N) is 2. The number of nitrogens with one attached hydrogen (secondary N) is 2. The smallest absolute Gasteiger partial charge is 0.287 e. The van der Waals surface area contributed by atoms with E-state index in [1.54, 1.807) is 37.5 Å². The lowest BCUT2D eigenvalue weighted by atomic mass is 10.1. The van der Waals surface area contributed by atoms with Crippen molar-refractivity contribution in [3.63, 3.8) is 0 Å². The highest BCUT2D eigenvalue weighted by molar-refractivity contribution is 9.11. The van der Waals surface area contributed by atoms with Crippen LogP contribution in [0.3, 0.4) is 0 Å². The van der Waals surface area contributed by atoms with Crippen LogP contribution in [0.5, 0.6) is 5.75 Å². The maximum atomic E-state index is 13.1. The lowest BCUT2D eigenvalue weighted by Gasteiger charge is -2.21. The van der Waals surface area contributed by atoms with E-state index in [1.807, 2.05) is 42.5 Å². The molecular weight excluding hydrogens is 600 g/mol. The zero-order valence-electron chi connectivity index (χ0n) is 20.8. The molecule has 0 aliphatic carbocycles. The summed E-state index contributed by atoms with van der Waals surface area (Å²) in [5.41, 5.74) is 5.49. The minimum Gasteiger partial charge on any atom is -0.495 e. The SMILES string of the molecule is CCN(CC)c1ccc(/C=C(/NC(=O)c2ccccc2)C(=O)N/N=C/c2cc(Br)cc(Br)c2OC)cc1. The molecule has 3 aromatic rings. The van der Waals surface area contributed by atoms with Crippen molar-refractivity contribution in [3.8, 4) is 5.75 Å². The lowest BCUT2D eigenvalue weighted by Crippen LogP contribution is -2.32. The highest BCUT2D eigenvalue weighted by Gasteiger charge is 2.15. The first-order valence-electron chi connectivity index (χ1n) is 11.7. The quantitative estimate of drug-likeness (QED) is 0.164. The number of methoxy groups -OCH3 is 1. The van der Waals surface area contributed by atoms with Crippen LogP contribution in [0.2, 0.25) is 0 Å². The van der Waals surface area contributed by atoms with E-state index in [4.69, 9.17) is 4.74 Å². The van der Waals surface area contributed by atoms with Crippen molar-refractivity contribution >= 4 is 61.7 Å². The van der Waals surface area contributed by atoms with E-state index < -0.39 is 11.8 Å². The van der Waals surface area contributed by atoms with Gasteiger partial charge in [0.1, 0.15) is 11.4 Å². The van der Waals surface area contributed by atoms with E-state index in [0.29, 0.717) is 16.9 Å². The molecule has 0 atom stereocenters. The van der Waals surface area contributed by atoms with Gasteiger partial charge in [0.25, 0.3) is 11.8 Å². The van der Waals surface area contributed by atoms with E-state index in [-0.39, 0.29) is 5.70 Å². The van der Waals surface area contributed by atoms with Crippen molar-refractivity contribution in [2.24, 2.45) is 5.10 Å². The molecule has 3 rings (SSSR count). The van der Waals surface area contributed by atoms with Gasteiger partial charge in [-0.15, -0.1) is 0 Å². The number of hydrogen-bond donors (Lipinski definition) is 2. The normalized spacial score (nSPS) is 11.3. The Morgan fingerprint density at radius 1 is 1.00 bits per heavy atom. The Hall–Kier alpha value is -3.43. The minimum absolute atomic E-state index is 0.0592. The zero-order chi connectivity index (χ0) is 26.8. The number of anilines is 1. The predicted molar refractivity (Wildman–Crippen MR) is 156 cm³/mol. The molecule has 0 fully saturated rings. The number of carbonyl (C=O) groups is 2. The van der Waals surface area contributed by atoms with Gasteiger partial charge in [0.05, 0.1) is 17.8 Å². The van der Waals surface area contributed by atoms with Gasteiger partial charge in [0.2, 0.25) is 0 Å². The first kappa shape index (κ1) is 28.1. The molecule has 0 bridgehead atoms. The summed E-state index contributed by atoms with van der Waals surface area (Å²) in [6.07, 6.45) is 3.09. The molecule has 0 aliphatic heterocycles. The molecular formula is C28H28Br2N4O3. The maximum Gasteiger partial charge on any atom is 0.287 e. The summed E-state index contributed by atoms with van der Waals surface area (Å²) in [6.45, 7) is 5.98. The molecule has 0 aromatic heterocycles. The van der Waals surface area contributed by atoms with Gasteiger partial charge in [-0.05, 0) is 77.8 Å². The van der Waals surface area contributed by atoms with Gasteiger partial charge in [-0.2, -0.15) is 5.10 Å². The van der Waals surface area contributed by atoms with E-state index in [1.165, 1.54) is 6.21 Å². The third-order valence-corrected chi connectivity index (χ3v) is 6.52. The fourth-order valence-electron chi connectivity index (χ4n) is 3.59. The predicted octanol–water partition coefficient (Wildman–Crippen LogP) is 5.99. The molecule has 3 aromatic carbocycles. The third-order valence-electron chi connectivity index (χ3n) is 5.47. The van der Waals surface area contributed by atoms with Gasteiger partial charge in [0, 0.05) is 34.4 Å². The Morgan fingerprint density at radius 2 is 1.68 bits per heavy atom. The number of amides is 2. The van der Waals surface area contributed by atoms with E-state index >= 15 is 0 Å². The summed E-state index contributed by atoms with van der Waals surface area (Å²) < 4.78 is 6.97. The zero-order valence-corrected chi connectivity index (χ0v) is 24.0. The second-order valence-corrected chi connectivity index (χ2v) is 9.62. The molecule has 0 unspecified atom stereocenters. The number of carbonyl (C=O) groups excluding carboxylic acids is 2. The molecule has 7 nitrogen and oxygen atoms in total. The van der Waals surface area contributed by atoms with Crippen LogP contribution in [0.4, 0.5) is 5.69 Å². The lowest BCUT2D eigenvalue weighted by molar-refractivity contribution is -0.117. The summed E-state index contributed by atoms with van der Waals surface area (Å²) in [4.78, 5) is 28.1. The minimum atomic E-state index is -0.568. The van der Waals surface area contributed by atoms with Gasteiger partial charge in [-0.25, -0.2) is 5.43 Å². The van der Waals surface area contributed by atoms with Gasteiger partial charge in [-0.3, -0.25) is 9.59 Å². The molecule has 0 saturated carbocycles. The van der Waals surface area contributed by atoms with Crippen LogP contribution in [-0.4, -0.2) is 38.2 Å². The van der Waals surface area contributed by atoms with E-state index in [9.17, 15) is 9.59 Å². The van der Waals surface area contributed by atoms with Crippen LogP contribution in [-0.2, 0) is 4.79 Å². The molecule has 0 radical (unpaired) electrons. The van der Waals surface area contributed by atoms with Gasteiger partial charge in [0.15, 0.2) is 0 Å². The number of ether oxygens (including phenoxy) is 1. The van der Waals surface area contributed by atoms with Crippen molar-refractivity contribution < 1.29 is 14.3 Å². The average Bonchev–Trinajstić information content (AvgIpc) is 2.90. The van der Waals surface area contributed by atoms with Crippen LogP contribution >= 0.6 is 31.9 Å². The third kappa shape index (κ3) is 7.77. The Bertz CT molecular complexity index is 1290. The fourth-order valence-corrected chi connectivity index (χ4v) is 5.01. The number of hydrogen-bond acceptors (Lipinski definition) is 5. The molecule has 0 spiro atoms. The number of hydrazone groups is 1. The molecule has 2 N–H and O–H groups in total. The molecule has 2 amide bonds. The maximum absolute atomic E-state index is 13.1. The number of rotatable bonds is 10. The first-order chi connectivity index (χ1) is 17.9. The number of halogens is 2. The van der Waals surface area contributed by atoms with E-state index in [2.05, 4.69) is 66.5 Å². The molecule has 0 aliphatic rings. The van der Waals surface area contributed by atoms with Crippen molar-refractivity contribution in [2.45, 2.75) is 13.8 Å². The second-order valence-electron chi connectivity index (χ2n) is 7.85. The van der Waals surface area contributed by atoms with Gasteiger partial charge >= 0.3 is 0 Å². The van der Waals surface area contributed by atoms with Crippen molar-refractivity contribution in [1.82, 2.24) is 10.7 Å². The summed E-state index contributed by atoms with van der Waals surface area (Å²) >= 11 is 6.88. The van der Waals surface area contributed by atoms with Crippen LogP contribution in [0.25, 0.3) is 6.08 Å². The largest absolute Gasteiger partial charge is 0.495 e. The summed E-state index contributed by atoms with van der Waals surface area (Å²) in [5.74, 6) is -0.396. The monoisotopic (exact) mass is 626 g/mol. The number of benzene rings is 3. The van der Waals surface area contributed by atoms with Gasteiger partial charge in [-0.1, -0.05) is 46.3 Å². The first-order valence-corrected chi connectivity index (χ1v) is 13.2. The van der Waals surface area contributed by atoms with Crippen molar-refractivity contribution in [1.29, 1.82) is 0 Å². The molecule has 37 heavy (non-hydrogen) atoms. The van der Waals surface area contributed by atoms with Crippen LogP contribution < -0.4 is 20.4 Å². The highest BCUT2D eigenvalue weighted by atomic mass is 79.9. The Labute approximate surface area is 233 Å². The Morgan fingerprint density at radius 3 is 2.30 bits per heavy atom. The average molecular weight is 628 g/mol. The summed E-state index contributed by atoms with van der Waals surface area (Å²) in [5, 5.41) is 6.81. The van der Waals surface area contributed by atoms with Crippen molar-refractivity contribution in [2.75, 3.05) is 25.1 Å². The van der Waals surface area contributed by atoms with Crippen LogP contribution in [0.1, 0.15) is 35.3 Å². The second kappa shape index (κ2) is 13.8. The molecule has 0 heterocycles. The van der Waals surface area contributed by atoms with Crippen LogP contribution in [0.15, 0.2) is 86.5 Å². The van der Waals surface area contributed by atoms with Crippen molar-refractivity contribution in [3.05, 3.63) is 98.1 Å². The topological polar surface area (TPSA) is 83.0 Å². The fraction of sp³-hybridized carbons (Fsp3) is 0.179.